The van der Waals surface area contributed by atoms with Gasteiger partial charge in [0.1, 0.15) is 11.9 Å². The zero-order valence-electron chi connectivity index (χ0n) is 36.5. The fourth-order valence-electron chi connectivity index (χ4n) is 9.63. The minimum Gasteiger partial charge on any atom is -0.408 e. The van der Waals surface area contributed by atoms with Crippen molar-refractivity contribution in [3.8, 4) is 0 Å². The van der Waals surface area contributed by atoms with Gasteiger partial charge in [-0.1, -0.05) is 30.2 Å². The highest BCUT2D eigenvalue weighted by Crippen LogP contribution is 2.37. The number of carbonyl (C=O) groups excluding carboxylic acids is 6. The summed E-state index contributed by atoms with van der Waals surface area (Å²) in [6.07, 6.45) is 6.69. The number of nitrogens with zero attached hydrogens (tertiary/aromatic N) is 9. The summed E-state index contributed by atoms with van der Waals surface area (Å²) in [4.78, 5) is 94.2. The number of nitrogens with one attached hydrogen (secondary N) is 3. The number of likely N-dealkylation sites (tertiary alicyclic amines) is 1. The molecule has 0 bridgehead atoms. The van der Waals surface area contributed by atoms with E-state index in [4.69, 9.17) is 15.1 Å². The third-order valence-electron chi connectivity index (χ3n) is 13.5. The molecule has 7 heterocycles. The van der Waals surface area contributed by atoms with Crippen molar-refractivity contribution >= 4 is 64.6 Å². The SMILES string of the molecule is CN1CCN([C@@H]2CCCN(c3cnc(C(N)=O)c(Nc4ccc(C5(C)CCN(C(=O)CCCc6nnc(Nc7cccc8c7CN(C7CCC(=O)NC7=O)C8=O)o6)CC5)cc4)n3)C2)C1=O.[HH].[HH]. The van der Waals surface area contributed by atoms with E-state index in [0.29, 0.717) is 80.5 Å². The Hall–Kier alpha value is -7.12. The number of carbonyl (C=O) groups is 6. The summed E-state index contributed by atoms with van der Waals surface area (Å²) < 4.78 is 5.86. The van der Waals surface area contributed by atoms with Gasteiger partial charge in [-0.15, -0.1) is 5.10 Å². The van der Waals surface area contributed by atoms with Crippen molar-refractivity contribution in [1.82, 2.24) is 45.1 Å². The molecule has 0 spiro atoms. The van der Waals surface area contributed by atoms with E-state index in [9.17, 15) is 28.8 Å². The number of anilines is 5. The first-order valence-electron chi connectivity index (χ1n) is 22.3. The van der Waals surface area contributed by atoms with Gasteiger partial charge in [-0.2, -0.15) is 0 Å². The Morgan fingerprint density at radius 3 is 2.51 bits per heavy atom. The van der Waals surface area contributed by atoms with E-state index in [0.717, 1.165) is 43.5 Å². The highest BCUT2D eigenvalue weighted by Gasteiger charge is 2.40. The molecule has 4 saturated heterocycles. The molecule has 344 valence electrons. The molecule has 0 aliphatic carbocycles. The van der Waals surface area contributed by atoms with Crippen LogP contribution in [0.5, 0.6) is 0 Å². The van der Waals surface area contributed by atoms with Crippen LogP contribution in [-0.4, -0.2) is 134 Å². The van der Waals surface area contributed by atoms with Crippen molar-refractivity contribution < 1.29 is 36.0 Å². The van der Waals surface area contributed by atoms with Gasteiger partial charge in [-0.25, -0.2) is 14.8 Å². The van der Waals surface area contributed by atoms with Crippen molar-refractivity contribution in [2.24, 2.45) is 5.73 Å². The first kappa shape index (κ1) is 43.1. The zero-order valence-corrected chi connectivity index (χ0v) is 36.5. The lowest BCUT2D eigenvalue weighted by atomic mass is 9.74. The topological polar surface area (TPSA) is 245 Å². The van der Waals surface area contributed by atoms with Crippen LogP contribution in [0.3, 0.4) is 0 Å². The molecule has 5 N–H and O–H groups in total. The van der Waals surface area contributed by atoms with Crippen LogP contribution in [0, 0.1) is 0 Å². The third kappa shape index (κ3) is 8.88. The molecule has 0 radical (unpaired) electrons. The van der Waals surface area contributed by atoms with E-state index in [1.54, 1.807) is 29.3 Å². The summed E-state index contributed by atoms with van der Waals surface area (Å²) in [7, 11) is 1.82. The monoisotopic (exact) mass is 891 g/mol. The van der Waals surface area contributed by atoms with Gasteiger partial charge in [0.25, 0.3) is 11.8 Å². The molecule has 2 aromatic heterocycles. The number of fused-ring (bicyclic) bond motifs is 1. The van der Waals surface area contributed by atoms with Gasteiger partial charge in [0, 0.05) is 97.5 Å². The quantitative estimate of drug-likeness (QED) is 0.139. The van der Waals surface area contributed by atoms with Gasteiger partial charge in [-0.05, 0) is 73.8 Å². The molecule has 4 aromatic rings. The van der Waals surface area contributed by atoms with Crippen LogP contribution in [0.25, 0.3) is 0 Å². The fourth-order valence-corrected chi connectivity index (χ4v) is 9.63. The highest BCUT2D eigenvalue weighted by molar-refractivity contribution is 6.06. The zero-order chi connectivity index (χ0) is 45.4. The molecule has 20 heteroatoms. The minimum atomic E-state index is -0.722. The lowest BCUT2D eigenvalue weighted by Gasteiger charge is -2.40. The normalized spacial score (nSPS) is 20.9. The number of hydrogen-bond acceptors (Lipinski definition) is 14. The number of hydrogen-bond donors (Lipinski definition) is 4. The number of imide groups is 1. The predicted octanol–water partition coefficient (Wildman–Crippen LogP) is 3.94. The number of rotatable bonds is 13. The Morgan fingerprint density at radius 1 is 0.969 bits per heavy atom. The lowest BCUT2D eigenvalue weighted by Crippen LogP contribution is -2.52. The summed E-state index contributed by atoms with van der Waals surface area (Å²) in [5, 5.41) is 17.0. The number of aromatic nitrogens is 4. The number of likely N-dealkylation sites (N-methyl/N-ethyl adjacent to an activating group) is 1. The van der Waals surface area contributed by atoms with Crippen molar-refractivity contribution in [3.05, 3.63) is 76.9 Å². The number of benzene rings is 2. The maximum Gasteiger partial charge on any atom is 0.320 e. The summed E-state index contributed by atoms with van der Waals surface area (Å²) in [6.45, 7) is 6.46. The first-order valence-corrected chi connectivity index (χ1v) is 22.3. The molecule has 0 saturated carbocycles. The van der Waals surface area contributed by atoms with Crippen LogP contribution in [0.4, 0.5) is 33.8 Å². The average molecular weight is 892 g/mol. The van der Waals surface area contributed by atoms with Crippen LogP contribution in [0.1, 0.15) is 99.0 Å². The Morgan fingerprint density at radius 2 is 1.77 bits per heavy atom. The smallest absolute Gasteiger partial charge is 0.320 e. The van der Waals surface area contributed by atoms with Crippen LogP contribution in [0.2, 0.25) is 0 Å². The van der Waals surface area contributed by atoms with E-state index in [1.807, 2.05) is 29.0 Å². The maximum absolute atomic E-state index is 13.3. The van der Waals surface area contributed by atoms with Crippen molar-refractivity contribution in [2.45, 2.75) is 88.8 Å². The largest absolute Gasteiger partial charge is 0.408 e. The molecule has 65 heavy (non-hydrogen) atoms. The molecule has 2 aromatic carbocycles. The molecule has 7 amide bonds. The third-order valence-corrected chi connectivity index (χ3v) is 13.5. The Balaban J connectivity index is 0.00000333. The van der Waals surface area contributed by atoms with Gasteiger partial charge in [0.2, 0.25) is 23.6 Å². The summed E-state index contributed by atoms with van der Waals surface area (Å²) >= 11 is 0. The number of piperidine rings is 3. The Kier molecular flexibility index (Phi) is 11.8. The number of nitrogens with two attached hydrogens (primary N) is 1. The van der Waals surface area contributed by atoms with Crippen molar-refractivity contribution in [3.63, 3.8) is 0 Å². The maximum atomic E-state index is 13.3. The molecular formula is C45H57N13O7. The van der Waals surface area contributed by atoms with Crippen LogP contribution >= 0.6 is 0 Å². The Labute approximate surface area is 378 Å². The number of primary amides is 1. The summed E-state index contributed by atoms with van der Waals surface area (Å²) in [5.41, 5.74) is 9.24. The predicted molar refractivity (Wildman–Crippen MR) is 241 cm³/mol. The van der Waals surface area contributed by atoms with E-state index in [-0.39, 0.29) is 75.0 Å². The number of amides is 7. The van der Waals surface area contributed by atoms with Crippen molar-refractivity contribution in [2.75, 3.05) is 61.8 Å². The molecule has 20 nitrogen and oxygen atoms in total. The van der Waals surface area contributed by atoms with Gasteiger partial charge in [0.05, 0.1) is 12.2 Å². The van der Waals surface area contributed by atoms with Gasteiger partial charge >= 0.3 is 12.0 Å². The second-order valence-electron chi connectivity index (χ2n) is 17.8. The molecule has 1 unspecified atom stereocenters. The second kappa shape index (κ2) is 17.8. The van der Waals surface area contributed by atoms with E-state index in [2.05, 4.69) is 55.1 Å². The Bertz CT molecular complexity index is 2530. The number of aryl methyl sites for hydroxylation is 1. The molecule has 4 fully saturated rings. The van der Waals surface area contributed by atoms with E-state index < -0.39 is 17.9 Å². The number of urea groups is 1. The summed E-state index contributed by atoms with van der Waals surface area (Å²) in [6, 6.07) is 12.8. The van der Waals surface area contributed by atoms with Gasteiger partial charge < -0.3 is 45.3 Å². The molecule has 5 aliphatic heterocycles. The molecule has 5 aliphatic rings. The van der Waals surface area contributed by atoms with E-state index in [1.165, 1.54) is 4.90 Å². The van der Waals surface area contributed by atoms with Gasteiger partial charge in [-0.3, -0.25) is 29.3 Å². The lowest BCUT2D eigenvalue weighted by molar-refractivity contribution is -0.137. The van der Waals surface area contributed by atoms with Crippen molar-refractivity contribution in [1.29, 1.82) is 0 Å². The van der Waals surface area contributed by atoms with Crippen LogP contribution < -0.4 is 26.6 Å². The van der Waals surface area contributed by atoms with Crippen LogP contribution in [-0.2, 0) is 32.8 Å². The van der Waals surface area contributed by atoms with E-state index >= 15 is 0 Å². The second-order valence-corrected chi connectivity index (χ2v) is 17.8. The van der Waals surface area contributed by atoms with Gasteiger partial charge in [0.15, 0.2) is 11.5 Å². The summed E-state index contributed by atoms with van der Waals surface area (Å²) in [5.74, 6) is -0.449. The standard InChI is InChI=1S/C45H53N13O7.2H2/c1-45(27-11-13-28(14-12-27)48-40-38(39(46)61)47-24-34(50-40)56-19-5-6-29(25-56)57-23-22-54(2)44(57)64)17-20-55(21-18-45)37(60)10-4-9-36-52-53-43(65-36)49-32-8-3-7-30-31(32)26-58(42(30)63)33-15-16-35(59)51-41(33)62;;/h3,7-8,11-14,24,29,33H,4-6,9-10,15-23,25-26H2,1-2H3,(H2,46,61)(H,48,50)(H,49,53)(H,51,59,62);2*1H/t29-,33?;;/m1../s1. The first-order chi connectivity index (χ1) is 31.3. The minimum absolute atomic E-state index is 0. The fraction of sp³-hybridized carbons (Fsp3) is 0.467. The molecule has 2 atom stereocenters. The highest BCUT2D eigenvalue weighted by atomic mass is 16.4. The average Bonchev–Trinajstić information content (AvgIpc) is 4.00. The van der Waals surface area contributed by atoms with Crippen LogP contribution in [0.15, 0.2) is 53.1 Å². The molecular weight excluding hydrogens is 835 g/mol. The molecule has 9 rings (SSSR count).